The van der Waals surface area contributed by atoms with Crippen molar-refractivity contribution >= 4 is 11.8 Å². The quantitative estimate of drug-likeness (QED) is 0.531. The number of nitrogens with one attached hydrogen (secondary N) is 2. The van der Waals surface area contributed by atoms with Gasteiger partial charge in [0.05, 0.1) is 61.8 Å². The third kappa shape index (κ3) is 4.94. The normalized spacial score (nSPS) is 14.6. The van der Waals surface area contributed by atoms with E-state index >= 15 is 0 Å². The largest absolute Gasteiger partial charge is 0.480 e. The lowest BCUT2D eigenvalue weighted by molar-refractivity contribution is 0.0774. The first kappa shape index (κ1) is 23.4. The van der Waals surface area contributed by atoms with Gasteiger partial charge in [-0.05, 0) is 25.0 Å². The van der Waals surface area contributed by atoms with Crippen LogP contribution in [0.25, 0.3) is 0 Å². The van der Waals surface area contributed by atoms with Crippen LogP contribution in [0.1, 0.15) is 70.1 Å². The summed E-state index contributed by atoms with van der Waals surface area (Å²) in [5.74, 6) is -0.111. The van der Waals surface area contributed by atoms with Crippen LogP contribution in [0.15, 0.2) is 48.8 Å². The van der Waals surface area contributed by atoms with Gasteiger partial charge in [-0.15, -0.1) is 0 Å². The minimum absolute atomic E-state index is 0.125. The van der Waals surface area contributed by atoms with E-state index in [1.54, 1.807) is 12.3 Å². The summed E-state index contributed by atoms with van der Waals surface area (Å²) in [5.41, 5.74) is 3.22. The second-order valence-electron chi connectivity index (χ2n) is 8.12. The van der Waals surface area contributed by atoms with Crippen molar-refractivity contribution in [3.63, 3.8) is 0 Å². The van der Waals surface area contributed by atoms with Crippen LogP contribution in [0.5, 0.6) is 5.88 Å². The number of carbonyl (C=O) groups excluding carboxylic acids is 2. The summed E-state index contributed by atoms with van der Waals surface area (Å²) in [4.78, 5) is 34.9. The molecule has 2 atom stereocenters. The number of hydrogen-bond acceptors (Lipinski definition) is 6. The molecule has 0 saturated heterocycles. The lowest BCUT2D eigenvalue weighted by Crippen LogP contribution is -2.31. The fourth-order valence-electron chi connectivity index (χ4n) is 4.05. The lowest BCUT2D eigenvalue weighted by atomic mass is 10.0. The second-order valence-corrected chi connectivity index (χ2v) is 8.12. The summed E-state index contributed by atoms with van der Waals surface area (Å²) < 4.78 is 12.5. The molecule has 2 amide bonds. The van der Waals surface area contributed by atoms with Crippen molar-refractivity contribution in [2.75, 3.05) is 13.7 Å². The van der Waals surface area contributed by atoms with Gasteiger partial charge in [0.2, 0.25) is 5.88 Å². The maximum absolute atomic E-state index is 13.3. The first-order chi connectivity index (χ1) is 16.5. The Hall–Kier alpha value is -3.72. The molecule has 9 heteroatoms. The van der Waals surface area contributed by atoms with Crippen molar-refractivity contribution in [1.82, 2.24) is 25.2 Å². The summed E-state index contributed by atoms with van der Waals surface area (Å²) >= 11 is 0. The van der Waals surface area contributed by atoms with Crippen molar-refractivity contribution in [3.05, 3.63) is 77.0 Å². The Kier molecular flexibility index (Phi) is 7.22. The topological polar surface area (TPSA) is 107 Å². The highest BCUT2D eigenvalue weighted by atomic mass is 16.5. The number of hydrogen-bond donors (Lipinski definition) is 2. The smallest absolute Gasteiger partial charge is 0.268 e. The van der Waals surface area contributed by atoms with E-state index in [2.05, 4.69) is 20.6 Å². The molecule has 34 heavy (non-hydrogen) atoms. The number of carbonyl (C=O) groups is 2. The van der Waals surface area contributed by atoms with Gasteiger partial charge in [-0.2, -0.15) is 0 Å². The van der Waals surface area contributed by atoms with Crippen LogP contribution in [0.4, 0.5) is 0 Å². The molecule has 2 N–H and O–H groups in total. The van der Waals surface area contributed by atoms with Crippen LogP contribution in [0.3, 0.4) is 0 Å². The highest BCUT2D eigenvalue weighted by molar-refractivity contribution is 6.01. The van der Waals surface area contributed by atoms with Crippen molar-refractivity contribution in [1.29, 1.82) is 0 Å². The van der Waals surface area contributed by atoms with E-state index in [0.717, 1.165) is 12.0 Å². The molecule has 4 rings (SSSR count). The third-order valence-corrected chi connectivity index (χ3v) is 5.95. The first-order valence-electron chi connectivity index (χ1n) is 11.3. The molecule has 1 aliphatic heterocycles. The molecule has 2 aromatic heterocycles. The van der Waals surface area contributed by atoms with Crippen molar-refractivity contribution in [2.24, 2.45) is 0 Å². The van der Waals surface area contributed by atoms with Crippen LogP contribution in [0.2, 0.25) is 0 Å². The van der Waals surface area contributed by atoms with Crippen LogP contribution >= 0.6 is 0 Å². The molecule has 0 spiro atoms. The first-order valence-corrected chi connectivity index (χ1v) is 11.3. The van der Waals surface area contributed by atoms with Gasteiger partial charge in [0.15, 0.2) is 0 Å². The van der Waals surface area contributed by atoms with E-state index in [-0.39, 0.29) is 30.5 Å². The fraction of sp³-hybridized carbons (Fsp3) is 0.360. The van der Waals surface area contributed by atoms with E-state index < -0.39 is 0 Å². The van der Waals surface area contributed by atoms with Gasteiger partial charge in [0.25, 0.3) is 11.8 Å². The molecule has 1 unspecified atom stereocenters. The Morgan fingerprint density at radius 3 is 2.62 bits per heavy atom. The maximum Gasteiger partial charge on any atom is 0.268 e. The van der Waals surface area contributed by atoms with Crippen LogP contribution < -0.4 is 15.4 Å². The maximum atomic E-state index is 13.3. The number of rotatable bonds is 8. The van der Waals surface area contributed by atoms with E-state index in [0.29, 0.717) is 41.7 Å². The minimum Gasteiger partial charge on any atom is -0.480 e. The van der Waals surface area contributed by atoms with Crippen LogP contribution in [0, 0.1) is 0 Å². The molecular formula is C25H29N5O4. The number of fused-ring (bicyclic) bond motifs is 1. The molecule has 9 nitrogen and oxygen atoms in total. The third-order valence-electron chi connectivity index (χ3n) is 5.95. The molecule has 0 aliphatic carbocycles. The Labute approximate surface area is 198 Å². The standard InChI is InChI=1S/C25H29N5O4/c1-4-19(17-8-6-5-7-9-17)29-24(31)18-12-21(30-10-11-34-15-22(18)30)25(32)28-16(2)20-13-27-23(33-3)14-26-20/h5-9,12-14,16,19H,4,10-11,15H2,1-3H3,(H,28,32)(H,29,31)/t16?,19-/m1/s1. The Morgan fingerprint density at radius 1 is 1.15 bits per heavy atom. The number of amides is 2. The van der Waals surface area contributed by atoms with Gasteiger partial charge in [0.1, 0.15) is 5.69 Å². The van der Waals surface area contributed by atoms with Gasteiger partial charge in [-0.25, -0.2) is 4.98 Å². The van der Waals surface area contributed by atoms with E-state index in [1.165, 1.54) is 13.3 Å². The average Bonchev–Trinajstić information content (AvgIpc) is 3.28. The van der Waals surface area contributed by atoms with Gasteiger partial charge in [0, 0.05) is 6.54 Å². The summed E-state index contributed by atoms with van der Waals surface area (Å²) in [6, 6.07) is 11.0. The lowest BCUT2D eigenvalue weighted by Gasteiger charge is -2.21. The number of benzene rings is 1. The predicted octanol–water partition coefficient (Wildman–Crippen LogP) is 3.19. The van der Waals surface area contributed by atoms with E-state index in [1.807, 2.05) is 48.7 Å². The number of ether oxygens (including phenoxy) is 2. The highest BCUT2D eigenvalue weighted by Gasteiger charge is 2.28. The number of nitrogens with zero attached hydrogens (tertiary/aromatic N) is 3. The molecule has 0 bridgehead atoms. The highest BCUT2D eigenvalue weighted by Crippen LogP contribution is 2.24. The Balaban J connectivity index is 1.55. The summed E-state index contributed by atoms with van der Waals surface area (Å²) in [6.45, 7) is 5.11. The molecule has 3 aromatic rings. The zero-order chi connectivity index (χ0) is 24.1. The monoisotopic (exact) mass is 463 g/mol. The van der Waals surface area contributed by atoms with Crippen molar-refractivity contribution < 1.29 is 19.1 Å². The van der Waals surface area contributed by atoms with Gasteiger partial charge in [-0.3, -0.25) is 14.6 Å². The van der Waals surface area contributed by atoms with Gasteiger partial charge in [-0.1, -0.05) is 37.3 Å². The molecule has 0 fully saturated rings. The molecule has 1 aromatic carbocycles. The summed E-state index contributed by atoms with van der Waals surface area (Å²) in [7, 11) is 1.52. The van der Waals surface area contributed by atoms with Gasteiger partial charge >= 0.3 is 0 Å². The Morgan fingerprint density at radius 2 is 1.94 bits per heavy atom. The van der Waals surface area contributed by atoms with Crippen molar-refractivity contribution in [2.45, 2.75) is 45.5 Å². The molecule has 0 saturated carbocycles. The molecular weight excluding hydrogens is 434 g/mol. The van der Waals surface area contributed by atoms with Crippen LogP contribution in [-0.4, -0.2) is 40.1 Å². The zero-order valence-electron chi connectivity index (χ0n) is 19.6. The summed E-state index contributed by atoms with van der Waals surface area (Å²) in [5, 5.41) is 6.06. The Bertz CT molecular complexity index is 1140. The number of aromatic nitrogens is 3. The number of methoxy groups -OCH3 is 1. The zero-order valence-corrected chi connectivity index (χ0v) is 19.6. The average molecular weight is 464 g/mol. The molecule has 178 valence electrons. The summed E-state index contributed by atoms with van der Waals surface area (Å²) in [6.07, 6.45) is 3.82. The van der Waals surface area contributed by atoms with Crippen molar-refractivity contribution in [3.8, 4) is 5.88 Å². The predicted molar refractivity (Wildman–Crippen MR) is 125 cm³/mol. The van der Waals surface area contributed by atoms with E-state index in [9.17, 15) is 9.59 Å². The molecule has 3 heterocycles. The second kappa shape index (κ2) is 10.5. The fourth-order valence-corrected chi connectivity index (χ4v) is 4.05. The van der Waals surface area contributed by atoms with Gasteiger partial charge < -0.3 is 24.7 Å². The molecule has 1 aliphatic rings. The molecule has 0 radical (unpaired) electrons. The SMILES string of the molecule is CC[C@@H](NC(=O)c1cc(C(=O)NC(C)c2cnc(OC)cn2)n2c1COCC2)c1ccccc1. The van der Waals surface area contributed by atoms with Crippen LogP contribution in [-0.2, 0) is 17.9 Å². The minimum atomic E-state index is -0.378. The van der Waals surface area contributed by atoms with E-state index in [4.69, 9.17) is 9.47 Å².